The first-order chi connectivity index (χ1) is 7.69. The normalized spacial score (nSPS) is 12.5. The molecular weight excluding hydrogens is 209 g/mol. The molecule has 1 aromatic rings. The largest absolute Gasteiger partial charge is 0.494 e. The maximum absolute atomic E-state index is 13.7. The van der Waals surface area contributed by atoms with Gasteiger partial charge in [0.25, 0.3) is 0 Å². The summed E-state index contributed by atoms with van der Waals surface area (Å²) in [5, 5.41) is 3.00. The maximum atomic E-state index is 13.7. The molecule has 1 aromatic carbocycles. The van der Waals surface area contributed by atoms with Crippen molar-refractivity contribution in [3.8, 4) is 5.75 Å². The summed E-state index contributed by atoms with van der Waals surface area (Å²) in [6.07, 6.45) is 0.0515. The first kappa shape index (κ1) is 12.9. The summed E-state index contributed by atoms with van der Waals surface area (Å²) in [5.74, 6) is -0.0935. The van der Waals surface area contributed by atoms with Gasteiger partial charge in [-0.1, -0.05) is 12.1 Å². The number of rotatable bonds is 6. The van der Waals surface area contributed by atoms with Crippen LogP contribution in [-0.4, -0.2) is 26.8 Å². The average molecular weight is 227 g/mol. The quantitative estimate of drug-likeness (QED) is 0.805. The highest BCUT2D eigenvalue weighted by molar-refractivity contribution is 5.30. The Morgan fingerprint density at radius 2 is 2.19 bits per heavy atom. The lowest BCUT2D eigenvalue weighted by Crippen LogP contribution is -2.23. The Bertz CT molecular complexity index is 331. The van der Waals surface area contributed by atoms with E-state index in [9.17, 15) is 4.39 Å². The molecule has 0 radical (unpaired) electrons. The lowest BCUT2D eigenvalue weighted by molar-refractivity contribution is 0.0526. The molecule has 0 spiro atoms. The van der Waals surface area contributed by atoms with Crippen molar-refractivity contribution >= 4 is 0 Å². The number of methoxy groups -OCH3 is 1. The van der Waals surface area contributed by atoms with E-state index in [1.165, 1.54) is 7.11 Å². The van der Waals surface area contributed by atoms with Crippen molar-refractivity contribution in [2.45, 2.75) is 19.6 Å². The van der Waals surface area contributed by atoms with E-state index in [2.05, 4.69) is 5.32 Å². The van der Waals surface area contributed by atoms with E-state index in [1.54, 1.807) is 18.2 Å². The van der Waals surface area contributed by atoms with Gasteiger partial charge in [0.05, 0.1) is 19.8 Å². The third kappa shape index (κ3) is 3.47. The Kier molecular flexibility index (Phi) is 5.22. The number of benzene rings is 1. The molecule has 0 aliphatic carbocycles. The molecule has 0 heterocycles. The van der Waals surface area contributed by atoms with Crippen LogP contribution in [0.1, 0.15) is 12.5 Å². The van der Waals surface area contributed by atoms with Crippen LogP contribution in [0, 0.1) is 5.82 Å². The highest BCUT2D eigenvalue weighted by Gasteiger charge is 2.09. The lowest BCUT2D eigenvalue weighted by Gasteiger charge is -2.13. The van der Waals surface area contributed by atoms with Gasteiger partial charge < -0.3 is 14.8 Å². The molecule has 0 saturated heterocycles. The summed E-state index contributed by atoms with van der Waals surface area (Å²) in [4.78, 5) is 0. The zero-order valence-electron chi connectivity index (χ0n) is 9.92. The van der Waals surface area contributed by atoms with E-state index in [1.807, 2.05) is 14.0 Å². The molecule has 0 aliphatic heterocycles. The van der Waals surface area contributed by atoms with E-state index in [0.717, 1.165) is 6.54 Å². The molecule has 1 atom stereocenters. The van der Waals surface area contributed by atoms with Crippen LogP contribution in [0.5, 0.6) is 5.75 Å². The number of nitrogens with one attached hydrogen (secondary N) is 1. The second-order valence-electron chi connectivity index (χ2n) is 3.61. The molecule has 3 nitrogen and oxygen atoms in total. The first-order valence-corrected chi connectivity index (χ1v) is 5.26. The Morgan fingerprint density at radius 3 is 2.81 bits per heavy atom. The molecule has 16 heavy (non-hydrogen) atoms. The van der Waals surface area contributed by atoms with E-state index in [4.69, 9.17) is 9.47 Å². The van der Waals surface area contributed by atoms with Crippen LogP contribution in [0.4, 0.5) is 4.39 Å². The minimum Gasteiger partial charge on any atom is -0.494 e. The number of hydrogen-bond acceptors (Lipinski definition) is 3. The van der Waals surface area contributed by atoms with Crippen LogP contribution in [-0.2, 0) is 11.3 Å². The average Bonchev–Trinajstić information content (AvgIpc) is 2.28. The Labute approximate surface area is 95.6 Å². The molecule has 4 heteroatoms. The van der Waals surface area contributed by atoms with Crippen LogP contribution in [0.25, 0.3) is 0 Å². The second-order valence-corrected chi connectivity index (χ2v) is 3.61. The van der Waals surface area contributed by atoms with Gasteiger partial charge in [-0.2, -0.15) is 0 Å². The summed E-state index contributed by atoms with van der Waals surface area (Å²) >= 11 is 0. The van der Waals surface area contributed by atoms with E-state index >= 15 is 0 Å². The van der Waals surface area contributed by atoms with Crippen molar-refractivity contribution < 1.29 is 13.9 Å². The molecule has 0 amide bonds. The smallest absolute Gasteiger partial charge is 0.170 e. The lowest BCUT2D eigenvalue weighted by atomic mass is 10.2. The molecular formula is C12H18FNO2. The molecule has 1 unspecified atom stereocenters. The fourth-order valence-corrected chi connectivity index (χ4v) is 1.40. The van der Waals surface area contributed by atoms with Crippen molar-refractivity contribution in [1.29, 1.82) is 0 Å². The summed E-state index contributed by atoms with van der Waals surface area (Å²) in [5.41, 5.74) is 0.516. The third-order valence-corrected chi connectivity index (χ3v) is 2.28. The van der Waals surface area contributed by atoms with Gasteiger partial charge in [-0.05, 0) is 20.0 Å². The van der Waals surface area contributed by atoms with Gasteiger partial charge >= 0.3 is 0 Å². The standard InChI is InChI=1S/C12H18FNO2/c1-9(7-14-2)16-8-10-5-4-6-11(15-3)12(10)13/h4-6,9,14H,7-8H2,1-3H3. The van der Waals surface area contributed by atoms with E-state index in [0.29, 0.717) is 5.56 Å². The predicted molar refractivity (Wildman–Crippen MR) is 61.1 cm³/mol. The van der Waals surface area contributed by atoms with Gasteiger partial charge in [0, 0.05) is 12.1 Å². The predicted octanol–water partition coefficient (Wildman–Crippen LogP) is 1.96. The zero-order valence-corrected chi connectivity index (χ0v) is 9.92. The second kappa shape index (κ2) is 6.45. The van der Waals surface area contributed by atoms with Gasteiger partial charge in [0.2, 0.25) is 0 Å². The SMILES string of the molecule is CNCC(C)OCc1cccc(OC)c1F. The number of hydrogen-bond donors (Lipinski definition) is 1. The molecule has 1 rings (SSSR count). The molecule has 0 bridgehead atoms. The van der Waals surface area contributed by atoms with Gasteiger partial charge in [0.1, 0.15) is 0 Å². The van der Waals surface area contributed by atoms with E-state index < -0.39 is 0 Å². The molecule has 0 aromatic heterocycles. The molecule has 0 fully saturated rings. The number of likely N-dealkylation sites (N-methyl/N-ethyl adjacent to an activating group) is 1. The van der Waals surface area contributed by atoms with Gasteiger partial charge in [-0.25, -0.2) is 4.39 Å². The molecule has 0 aliphatic rings. The van der Waals surface area contributed by atoms with Gasteiger partial charge in [0.15, 0.2) is 11.6 Å². The maximum Gasteiger partial charge on any atom is 0.170 e. The number of ether oxygens (including phenoxy) is 2. The van der Waals surface area contributed by atoms with E-state index in [-0.39, 0.29) is 24.3 Å². The summed E-state index contributed by atoms with van der Waals surface area (Å²) in [6.45, 7) is 2.94. The first-order valence-electron chi connectivity index (χ1n) is 5.26. The van der Waals surface area contributed by atoms with Crippen LogP contribution in [0.3, 0.4) is 0 Å². The van der Waals surface area contributed by atoms with Crippen molar-refractivity contribution in [2.75, 3.05) is 20.7 Å². The summed E-state index contributed by atoms with van der Waals surface area (Å²) in [6, 6.07) is 5.04. The Balaban J connectivity index is 2.60. The topological polar surface area (TPSA) is 30.5 Å². The minimum atomic E-state index is -0.346. The van der Waals surface area contributed by atoms with Crippen molar-refractivity contribution in [1.82, 2.24) is 5.32 Å². The summed E-state index contributed by atoms with van der Waals surface area (Å²) in [7, 11) is 3.30. The van der Waals surface area contributed by atoms with Crippen LogP contribution in [0.15, 0.2) is 18.2 Å². The van der Waals surface area contributed by atoms with Gasteiger partial charge in [-0.3, -0.25) is 0 Å². The fraction of sp³-hybridized carbons (Fsp3) is 0.500. The van der Waals surface area contributed by atoms with Crippen LogP contribution in [0.2, 0.25) is 0 Å². The zero-order chi connectivity index (χ0) is 12.0. The molecule has 90 valence electrons. The highest BCUT2D eigenvalue weighted by atomic mass is 19.1. The van der Waals surface area contributed by atoms with Crippen LogP contribution >= 0.6 is 0 Å². The fourth-order valence-electron chi connectivity index (χ4n) is 1.40. The third-order valence-electron chi connectivity index (χ3n) is 2.28. The minimum absolute atomic E-state index is 0.0515. The van der Waals surface area contributed by atoms with Crippen LogP contribution < -0.4 is 10.1 Å². The highest BCUT2D eigenvalue weighted by Crippen LogP contribution is 2.20. The van der Waals surface area contributed by atoms with Gasteiger partial charge in [-0.15, -0.1) is 0 Å². The van der Waals surface area contributed by atoms with Crippen molar-refractivity contribution in [2.24, 2.45) is 0 Å². The summed E-state index contributed by atoms with van der Waals surface area (Å²) < 4.78 is 24.1. The van der Waals surface area contributed by atoms with Crippen molar-refractivity contribution in [3.63, 3.8) is 0 Å². The number of halogens is 1. The molecule has 1 N–H and O–H groups in total. The monoisotopic (exact) mass is 227 g/mol. The molecule has 0 saturated carbocycles. The Morgan fingerprint density at radius 1 is 1.44 bits per heavy atom. The van der Waals surface area contributed by atoms with Crippen molar-refractivity contribution in [3.05, 3.63) is 29.6 Å². The Hall–Kier alpha value is -1.13.